The first-order valence-electron chi connectivity index (χ1n) is 4.49. The average molecular weight is 206 g/mol. The number of rotatable bonds is 1. The zero-order valence-corrected chi connectivity index (χ0v) is 8.60. The Labute approximate surface area is 84.4 Å². The Bertz CT molecular complexity index is 206. The molecule has 0 bridgehead atoms. The van der Waals surface area contributed by atoms with Crippen molar-refractivity contribution < 1.29 is 9.53 Å². The molecule has 0 aromatic heterocycles. The highest BCUT2D eigenvalue weighted by atomic mass is 35.5. The molecule has 2 rings (SSSR count). The first-order chi connectivity index (χ1) is 5.65. The summed E-state index contributed by atoms with van der Waals surface area (Å²) < 4.78 is 4.67. The summed E-state index contributed by atoms with van der Waals surface area (Å²) in [5.74, 6) is 0.128. The molecule has 0 aromatic rings. The molecule has 76 valence electrons. The third-order valence-electron chi connectivity index (χ3n) is 3.28. The fourth-order valence-electron chi connectivity index (χ4n) is 2.70. The largest absolute Gasteiger partial charge is 0.469 e. The maximum Gasteiger partial charge on any atom is 0.308 e. The van der Waals surface area contributed by atoms with E-state index in [1.165, 1.54) is 7.11 Å². The topological polar surface area (TPSA) is 52.3 Å². The normalized spacial score (nSPS) is 41.4. The molecule has 0 atom stereocenters. The minimum Gasteiger partial charge on any atom is -0.469 e. The van der Waals surface area contributed by atoms with Gasteiger partial charge in [-0.2, -0.15) is 0 Å². The summed E-state index contributed by atoms with van der Waals surface area (Å²) in [6, 6.07) is 0.392. The highest BCUT2D eigenvalue weighted by molar-refractivity contribution is 5.85. The zero-order chi connectivity index (χ0) is 8.77. The van der Waals surface area contributed by atoms with E-state index in [-0.39, 0.29) is 24.3 Å². The average Bonchev–Trinajstić information content (AvgIpc) is 1.92. The van der Waals surface area contributed by atoms with Gasteiger partial charge in [0.1, 0.15) is 0 Å². The lowest BCUT2D eigenvalue weighted by molar-refractivity contribution is -0.158. The smallest absolute Gasteiger partial charge is 0.308 e. The fourth-order valence-corrected chi connectivity index (χ4v) is 2.70. The fraction of sp³-hybridized carbons (Fsp3) is 0.889. The number of hydrogen-bond acceptors (Lipinski definition) is 3. The van der Waals surface area contributed by atoms with E-state index in [0.29, 0.717) is 11.5 Å². The lowest BCUT2D eigenvalue weighted by Crippen LogP contribution is -2.54. The summed E-state index contributed by atoms with van der Waals surface area (Å²) in [5, 5.41) is 0. The van der Waals surface area contributed by atoms with Crippen molar-refractivity contribution in [3.05, 3.63) is 0 Å². The van der Waals surface area contributed by atoms with E-state index in [1.807, 2.05) is 0 Å². The minimum atomic E-state index is -0.0407. The Hall–Kier alpha value is -0.280. The molecule has 2 fully saturated rings. The highest BCUT2D eigenvalue weighted by Crippen LogP contribution is 2.58. The van der Waals surface area contributed by atoms with Crippen LogP contribution in [0.3, 0.4) is 0 Å². The number of hydrogen-bond donors (Lipinski definition) is 1. The molecule has 0 unspecified atom stereocenters. The van der Waals surface area contributed by atoms with E-state index in [4.69, 9.17) is 5.73 Å². The molecule has 2 saturated carbocycles. The predicted octanol–water partition coefficient (Wildman–Crippen LogP) is 1.10. The summed E-state index contributed by atoms with van der Waals surface area (Å²) in [7, 11) is 1.46. The van der Waals surface area contributed by atoms with Crippen molar-refractivity contribution in [1.29, 1.82) is 0 Å². The van der Waals surface area contributed by atoms with Gasteiger partial charge in [-0.05, 0) is 31.1 Å². The zero-order valence-electron chi connectivity index (χ0n) is 7.79. The molecule has 2 aliphatic rings. The first kappa shape index (κ1) is 10.8. The van der Waals surface area contributed by atoms with Crippen LogP contribution in [0.1, 0.15) is 25.7 Å². The number of halogens is 1. The molecule has 13 heavy (non-hydrogen) atoms. The third kappa shape index (κ3) is 1.67. The molecule has 3 nitrogen and oxygen atoms in total. The summed E-state index contributed by atoms with van der Waals surface area (Å²) in [6.07, 6.45) is 4.24. The SMILES string of the molecule is COC(=O)C1CC2(CC(N)C2)C1.Cl. The van der Waals surface area contributed by atoms with E-state index >= 15 is 0 Å². The molecule has 0 aliphatic heterocycles. The van der Waals surface area contributed by atoms with Gasteiger partial charge in [-0.3, -0.25) is 4.79 Å². The lowest BCUT2D eigenvalue weighted by Gasteiger charge is -2.55. The molecule has 2 aliphatic carbocycles. The monoisotopic (exact) mass is 205 g/mol. The van der Waals surface area contributed by atoms with Gasteiger partial charge in [0.25, 0.3) is 0 Å². The van der Waals surface area contributed by atoms with Crippen molar-refractivity contribution in [2.24, 2.45) is 17.1 Å². The van der Waals surface area contributed by atoms with Crippen LogP contribution in [-0.2, 0) is 9.53 Å². The van der Waals surface area contributed by atoms with Crippen LogP contribution in [0.4, 0.5) is 0 Å². The maximum atomic E-state index is 11.0. The van der Waals surface area contributed by atoms with E-state index < -0.39 is 0 Å². The molecule has 4 heteroatoms. The number of carbonyl (C=O) groups excluding carboxylic acids is 1. The van der Waals surface area contributed by atoms with Gasteiger partial charge in [-0.15, -0.1) is 12.4 Å². The maximum absolute atomic E-state index is 11.0. The van der Waals surface area contributed by atoms with Crippen molar-refractivity contribution in [1.82, 2.24) is 0 Å². The van der Waals surface area contributed by atoms with Gasteiger partial charge >= 0.3 is 5.97 Å². The van der Waals surface area contributed by atoms with E-state index in [1.54, 1.807) is 0 Å². The van der Waals surface area contributed by atoms with Crippen LogP contribution in [0.2, 0.25) is 0 Å². The Morgan fingerprint density at radius 1 is 1.38 bits per heavy atom. The first-order valence-corrected chi connectivity index (χ1v) is 4.49. The molecule has 2 N–H and O–H groups in total. The second-order valence-corrected chi connectivity index (χ2v) is 4.30. The molecule has 0 aromatic carbocycles. The van der Waals surface area contributed by atoms with Crippen molar-refractivity contribution >= 4 is 18.4 Å². The quantitative estimate of drug-likeness (QED) is 0.653. The second kappa shape index (κ2) is 3.46. The standard InChI is InChI=1S/C9H15NO2.ClH/c1-12-8(11)6-2-9(3-6)4-7(10)5-9;/h6-7H,2-5,10H2,1H3;1H. The van der Waals surface area contributed by atoms with Gasteiger partial charge in [0.05, 0.1) is 13.0 Å². The predicted molar refractivity (Wildman–Crippen MR) is 51.6 cm³/mol. The number of nitrogens with two attached hydrogens (primary N) is 1. The summed E-state index contributed by atoms with van der Waals surface area (Å²) in [5.41, 5.74) is 6.14. The van der Waals surface area contributed by atoms with Crippen LogP contribution in [-0.4, -0.2) is 19.1 Å². The Morgan fingerprint density at radius 2 is 1.92 bits per heavy atom. The van der Waals surface area contributed by atoms with Gasteiger partial charge in [-0.25, -0.2) is 0 Å². The Kier molecular flexibility index (Phi) is 2.88. The molecular formula is C9H16ClNO2. The van der Waals surface area contributed by atoms with Crippen LogP contribution in [0.5, 0.6) is 0 Å². The Morgan fingerprint density at radius 3 is 2.31 bits per heavy atom. The van der Waals surface area contributed by atoms with Gasteiger partial charge in [-0.1, -0.05) is 0 Å². The van der Waals surface area contributed by atoms with Crippen LogP contribution >= 0.6 is 12.4 Å². The van der Waals surface area contributed by atoms with E-state index in [9.17, 15) is 4.79 Å². The van der Waals surface area contributed by atoms with Crippen molar-refractivity contribution in [3.8, 4) is 0 Å². The third-order valence-corrected chi connectivity index (χ3v) is 3.28. The highest BCUT2D eigenvalue weighted by Gasteiger charge is 2.54. The number of esters is 1. The van der Waals surface area contributed by atoms with Gasteiger partial charge < -0.3 is 10.5 Å². The van der Waals surface area contributed by atoms with E-state index in [0.717, 1.165) is 25.7 Å². The van der Waals surface area contributed by atoms with Gasteiger partial charge in [0.15, 0.2) is 0 Å². The van der Waals surface area contributed by atoms with Crippen LogP contribution in [0, 0.1) is 11.3 Å². The van der Waals surface area contributed by atoms with Crippen molar-refractivity contribution in [2.45, 2.75) is 31.7 Å². The molecule has 0 radical (unpaired) electrons. The Balaban J connectivity index is 0.000000845. The van der Waals surface area contributed by atoms with Crippen LogP contribution in [0.25, 0.3) is 0 Å². The van der Waals surface area contributed by atoms with Gasteiger partial charge in [0, 0.05) is 6.04 Å². The molecule has 0 amide bonds. The molecule has 0 heterocycles. The minimum absolute atomic E-state index is 0. The molecular weight excluding hydrogens is 190 g/mol. The van der Waals surface area contributed by atoms with Crippen LogP contribution < -0.4 is 5.73 Å². The van der Waals surface area contributed by atoms with Crippen LogP contribution in [0.15, 0.2) is 0 Å². The van der Waals surface area contributed by atoms with Gasteiger partial charge in [0.2, 0.25) is 0 Å². The van der Waals surface area contributed by atoms with E-state index in [2.05, 4.69) is 4.74 Å². The molecule has 1 spiro atoms. The molecule has 0 saturated heterocycles. The number of ether oxygens (including phenoxy) is 1. The summed E-state index contributed by atoms with van der Waals surface area (Å²) in [6.45, 7) is 0. The summed E-state index contributed by atoms with van der Waals surface area (Å²) in [4.78, 5) is 11.0. The summed E-state index contributed by atoms with van der Waals surface area (Å²) >= 11 is 0. The lowest BCUT2D eigenvalue weighted by atomic mass is 9.50. The second-order valence-electron chi connectivity index (χ2n) is 4.30. The number of carbonyl (C=O) groups is 1. The number of methoxy groups -OCH3 is 1. The van der Waals surface area contributed by atoms with Crippen molar-refractivity contribution in [2.75, 3.05) is 7.11 Å². The van der Waals surface area contributed by atoms with Crippen molar-refractivity contribution in [3.63, 3.8) is 0 Å².